The van der Waals surface area contributed by atoms with Crippen molar-refractivity contribution in [1.29, 1.82) is 0 Å². The molecule has 1 fully saturated rings. The fraction of sp³-hybridized carbons (Fsp3) is 0.0625. The number of amides is 4. The topological polar surface area (TPSA) is 95.6 Å². The summed E-state index contributed by atoms with van der Waals surface area (Å²) in [7, 11) is 0. The van der Waals surface area contributed by atoms with Crippen molar-refractivity contribution in [2.75, 3.05) is 10.2 Å². The van der Waals surface area contributed by atoms with E-state index in [0.29, 0.717) is 16.9 Å². The Morgan fingerprint density at radius 1 is 0.881 bits per heavy atom. The average Bonchev–Trinajstić information content (AvgIpc) is 3.28. The summed E-state index contributed by atoms with van der Waals surface area (Å²) >= 11 is 7.42. The van der Waals surface area contributed by atoms with Crippen molar-refractivity contribution in [1.82, 2.24) is 5.32 Å². The Balaban J connectivity index is 1.31. The van der Waals surface area contributed by atoms with Gasteiger partial charge in [-0.25, -0.2) is 9.29 Å². The molecule has 1 atom stereocenters. The third-order valence-corrected chi connectivity index (χ3v) is 7.85. The van der Waals surface area contributed by atoms with Crippen LogP contribution in [0.3, 0.4) is 0 Å². The first-order valence-electron chi connectivity index (χ1n) is 12.8. The molecule has 0 saturated carbocycles. The minimum absolute atomic E-state index is 0.0512. The SMILES string of the molecule is O=C(Nc1ccc(SC2CC(=O)N(c3ccccc3)C2=O)cc1)/C(=C/c1c(F)cccc1Cl)NC(=O)c1ccccc1. The first-order valence-corrected chi connectivity index (χ1v) is 14.1. The number of hydrogen-bond donors (Lipinski definition) is 2. The van der Waals surface area contributed by atoms with Crippen LogP contribution in [0, 0.1) is 5.82 Å². The number of thioether (sulfide) groups is 1. The van der Waals surface area contributed by atoms with Crippen LogP contribution in [-0.2, 0) is 14.4 Å². The predicted octanol–water partition coefficient (Wildman–Crippen LogP) is 6.31. The highest BCUT2D eigenvalue weighted by molar-refractivity contribution is 8.00. The van der Waals surface area contributed by atoms with Crippen molar-refractivity contribution in [3.63, 3.8) is 0 Å². The number of carbonyl (C=O) groups excluding carboxylic acids is 4. The van der Waals surface area contributed by atoms with Gasteiger partial charge in [-0.3, -0.25) is 19.2 Å². The molecule has 1 saturated heterocycles. The fourth-order valence-corrected chi connectivity index (χ4v) is 5.53. The van der Waals surface area contributed by atoms with Gasteiger partial charge in [-0.15, -0.1) is 11.8 Å². The Morgan fingerprint density at radius 3 is 2.21 bits per heavy atom. The van der Waals surface area contributed by atoms with Crippen molar-refractivity contribution in [2.24, 2.45) is 0 Å². The number of carbonyl (C=O) groups is 4. The molecule has 10 heteroatoms. The molecule has 1 aliphatic heterocycles. The smallest absolute Gasteiger partial charge is 0.272 e. The number of imide groups is 1. The molecule has 0 spiro atoms. The minimum Gasteiger partial charge on any atom is -0.321 e. The summed E-state index contributed by atoms with van der Waals surface area (Å²) in [6, 6.07) is 27.8. The third-order valence-electron chi connectivity index (χ3n) is 6.33. The summed E-state index contributed by atoms with van der Waals surface area (Å²) in [6.07, 6.45) is 1.25. The van der Waals surface area contributed by atoms with Crippen molar-refractivity contribution in [3.8, 4) is 0 Å². The Bertz CT molecular complexity index is 1660. The van der Waals surface area contributed by atoms with Crippen LogP contribution in [0.5, 0.6) is 0 Å². The molecule has 4 amide bonds. The molecule has 0 radical (unpaired) electrons. The first kappa shape index (κ1) is 28.8. The molecule has 7 nitrogen and oxygen atoms in total. The van der Waals surface area contributed by atoms with Crippen LogP contribution < -0.4 is 15.5 Å². The van der Waals surface area contributed by atoms with E-state index >= 15 is 0 Å². The van der Waals surface area contributed by atoms with E-state index in [4.69, 9.17) is 11.6 Å². The Morgan fingerprint density at radius 2 is 1.55 bits per heavy atom. The summed E-state index contributed by atoms with van der Waals surface area (Å²) in [4.78, 5) is 53.5. The maximum atomic E-state index is 14.5. The van der Waals surface area contributed by atoms with E-state index in [9.17, 15) is 23.6 Å². The monoisotopic (exact) mass is 599 g/mol. The number of nitrogens with zero attached hydrogens (tertiary/aromatic N) is 1. The lowest BCUT2D eigenvalue weighted by molar-refractivity contribution is -0.121. The van der Waals surface area contributed by atoms with Gasteiger partial charge in [0, 0.05) is 28.1 Å². The lowest BCUT2D eigenvalue weighted by atomic mass is 10.1. The normalized spacial score (nSPS) is 15.0. The molecule has 5 rings (SSSR count). The highest BCUT2D eigenvalue weighted by Crippen LogP contribution is 2.34. The number of nitrogens with one attached hydrogen (secondary N) is 2. The zero-order valence-electron chi connectivity index (χ0n) is 21.9. The molecule has 4 aromatic carbocycles. The van der Waals surface area contributed by atoms with Gasteiger partial charge in [0.25, 0.3) is 11.8 Å². The maximum absolute atomic E-state index is 14.5. The van der Waals surface area contributed by atoms with E-state index in [1.165, 1.54) is 40.9 Å². The van der Waals surface area contributed by atoms with Crippen molar-refractivity contribution >= 4 is 64.4 Å². The van der Waals surface area contributed by atoms with Crippen LogP contribution in [-0.4, -0.2) is 28.9 Å². The predicted molar refractivity (Wildman–Crippen MR) is 162 cm³/mol. The summed E-state index contributed by atoms with van der Waals surface area (Å²) in [5.41, 5.74) is 0.968. The highest BCUT2D eigenvalue weighted by atomic mass is 35.5. The van der Waals surface area contributed by atoms with Gasteiger partial charge in [0.1, 0.15) is 11.5 Å². The van der Waals surface area contributed by atoms with E-state index in [0.717, 1.165) is 4.90 Å². The summed E-state index contributed by atoms with van der Waals surface area (Å²) in [5, 5.41) is 4.74. The second-order valence-corrected chi connectivity index (χ2v) is 10.9. The number of halogens is 2. The third kappa shape index (κ3) is 6.59. The number of benzene rings is 4. The largest absolute Gasteiger partial charge is 0.321 e. The number of rotatable bonds is 8. The zero-order valence-corrected chi connectivity index (χ0v) is 23.5. The molecule has 210 valence electrons. The molecule has 0 aromatic heterocycles. The molecule has 2 N–H and O–H groups in total. The van der Waals surface area contributed by atoms with Crippen molar-refractivity contribution in [2.45, 2.75) is 16.6 Å². The first-order chi connectivity index (χ1) is 20.3. The summed E-state index contributed by atoms with van der Waals surface area (Å²) < 4.78 is 14.5. The van der Waals surface area contributed by atoms with Gasteiger partial charge < -0.3 is 10.6 Å². The lowest BCUT2D eigenvalue weighted by Gasteiger charge is -2.15. The van der Waals surface area contributed by atoms with Crippen molar-refractivity contribution in [3.05, 3.63) is 131 Å². The molecule has 0 aliphatic carbocycles. The van der Waals surface area contributed by atoms with Gasteiger partial charge in [0.15, 0.2) is 0 Å². The van der Waals surface area contributed by atoms with Crippen LogP contribution in [0.25, 0.3) is 6.08 Å². The quantitative estimate of drug-likeness (QED) is 0.183. The molecular weight excluding hydrogens is 577 g/mol. The fourth-order valence-electron chi connectivity index (χ4n) is 4.26. The van der Waals surface area contributed by atoms with Gasteiger partial charge in [-0.05, 0) is 66.7 Å². The highest BCUT2D eigenvalue weighted by Gasteiger charge is 2.40. The lowest BCUT2D eigenvalue weighted by Crippen LogP contribution is -2.31. The summed E-state index contributed by atoms with van der Waals surface area (Å²) in [5.74, 6) is -2.47. The molecule has 1 unspecified atom stereocenters. The second-order valence-electron chi connectivity index (χ2n) is 9.21. The molecule has 1 aliphatic rings. The van der Waals surface area contributed by atoms with Crippen molar-refractivity contribution < 1.29 is 23.6 Å². The van der Waals surface area contributed by atoms with E-state index in [1.807, 2.05) is 6.07 Å². The maximum Gasteiger partial charge on any atom is 0.272 e. The van der Waals surface area contributed by atoms with E-state index in [2.05, 4.69) is 10.6 Å². The van der Waals surface area contributed by atoms with Gasteiger partial charge in [-0.1, -0.05) is 54.1 Å². The Labute approximate surface area is 250 Å². The van der Waals surface area contributed by atoms with Crippen LogP contribution in [0.1, 0.15) is 22.3 Å². The molecule has 4 aromatic rings. The molecule has 1 heterocycles. The van der Waals surface area contributed by atoms with E-state index in [-0.39, 0.29) is 34.5 Å². The standard InChI is InChI=1S/C32H23ClFN3O4S/c33-25-12-7-13-26(34)24(25)18-27(36-30(39)20-8-3-1-4-9-20)31(40)35-21-14-16-23(17-15-21)42-28-19-29(38)37(32(28)41)22-10-5-2-6-11-22/h1-18,28H,19H2,(H,35,40)(H,36,39)/b27-18-. The average molecular weight is 600 g/mol. The second kappa shape index (κ2) is 12.8. The minimum atomic E-state index is -0.700. The molecule has 0 bridgehead atoms. The van der Waals surface area contributed by atoms with Gasteiger partial charge >= 0.3 is 0 Å². The van der Waals surface area contributed by atoms with E-state index in [1.54, 1.807) is 78.9 Å². The number of anilines is 2. The van der Waals surface area contributed by atoms with Gasteiger partial charge in [-0.2, -0.15) is 0 Å². The van der Waals surface area contributed by atoms with Crippen LogP contribution in [0.15, 0.2) is 114 Å². The van der Waals surface area contributed by atoms with Gasteiger partial charge in [0.05, 0.1) is 16.0 Å². The molecular formula is C32H23ClFN3O4S. The summed E-state index contributed by atoms with van der Waals surface area (Å²) in [6.45, 7) is 0. The van der Waals surface area contributed by atoms with Crippen LogP contribution in [0.2, 0.25) is 5.02 Å². The Kier molecular flexibility index (Phi) is 8.80. The van der Waals surface area contributed by atoms with Gasteiger partial charge in [0.2, 0.25) is 11.8 Å². The van der Waals surface area contributed by atoms with Crippen LogP contribution in [0.4, 0.5) is 15.8 Å². The zero-order chi connectivity index (χ0) is 29.6. The number of para-hydroxylation sites is 1. The number of hydrogen-bond acceptors (Lipinski definition) is 5. The Hall–Kier alpha value is -4.73. The molecule has 42 heavy (non-hydrogen) atoms. The van der Waals surface area contributed by atoms with Crippen LogP contribution >= 0.6 is 23.4 Å². The van der Waals surface area contributed by atoms with E-state index < -0.39 is 22.9 Å².